The number of hydrogen-bond donors (Lipinski definition) is 0. The summed E-state index contributed by atoms with van der Waals surface area (Å²) >= 11 is 1.82. The third-order valence-corrected chi connectivity index (χ3v) is 8.03. The van der Waals surface area contributed by atoms with Gasteiger partial charge < -0.3 is 14.2 Å². The zero-order valence-electron chi connectivity index (χ0n) is 20.6. The van der Waals surface area contributed by atoms with Gasteiger partial charge in [0.25, 0.3) is 0 Å². The molecule has 1 saturated heterocycles. The molecular weight excluding hydrogens is 454 g/mol. The molecule has 0 atom stereocenters. The van der Waals surface area contributed by atoms with E-state index in [1.807, 2.05) is 23.5 Å². The third kappa shape index (κ3) is 5.63. The molecule has 1 aliphatic heterocycles. The minimum atomic E-state index is 0.748. The topological polar surface area (TPSA) is 30.9 Å². The third-order valence-electron chi connectivity index (χ3n) is 6.78. The molecule has 3 aromatic carbocycles. The second-order valence-corrected chi connectivity index (χ2v) is 10.1. The molecule has 5 rings (SSSR count). The predicted molar refractivity (Wildman–Crippen MR) is 145 cm³/mol. The summed E-state index contributed by atoms with van der Waals surface area (Å²) < 4.78 is 18.1. The highest BCUT2D eigenvalue weighted by Gasteiger charge is 2.16. The van der Waals surface area contributed by atoms with Crippen LogP contribution in [0.4, 0.5) is 0 Å². The van der Waals surface area contributed by atoms with Crippen molar-refractivity contribution in [2.75, 3.05) is 40.5 Å². The summed E-state index contributed by atoms with van der Waals surface area (Å²) in [5.74, 6) is 2.70. The van der Waals surface area contributed by atoms with Crippen LogP contribution in [-0.4, -0.2) is 45.4 Å². The van der Waals surface area contributed by atoms with Crippen molar-refractivity contribution >= 4 is 21.4 Å². The van der Waals surface area contributed by atoms with Crippen LogP contribution in [0.2, 0.25) is 0 Å². The van der Waals surface area contributed by atoms with E-state index in [0.29, 0.717) is 0 Å². The molecule has 182 valence electrons. The summed E-state index contributed by atoms with van der Waals surface area (Å²) in [6.07, 6.45) is 4.86. The highest BCUT2D eigenvalue weighted by molar-refractivity contribution is 7.22. The summed E-state index contributed by atoms with van der Waals surface area (Å²) in [6.45, 7) is 4.17. The average molecular weight is 488 g/mol. The molecule has 35 heavy (non-hydrogen) atoms. The van der Waals surface area contributed by atoms with Gasteiger partial charge in [0.1, 0.15) is 23.9 Å². The van der Waals surface area contributed by atoms with Gasteiger partial charge in [0, 0.05) is 16.1 Å². The Bertz CT molecular complexity index is 1240. The van der Waals surface area contributed by atoms with E-state index in [0.717, 1.165) is 36.8 Å². The number of ether oxygens (including phenoxy) is 3. The van der Waals surface area contributed by atoms with E-state index >= 15 is 0 Å². The van der Waals surface area contributed by atoms with Crippen molar-refractivity contribution in [3.05, 3.63) is 77.9 Å². The van der Waals surface area contributed by atoms with Crippen LogP contribution in [0.15, 0.2) is 66.7 Å². The Labute approximate surface area is 212 Å². The molecule has 0 radical (unpaired) electrons. The van der Waals surface area contributed by atoms with Crippen molar-refractivity contribution in [2.45, 2.75) is 25.7 Å². The first-order chi connectivity index (χ1) is 17.2. The number of hydrogen-bond acceptors (Lipinski definition) is 5. The average Bonchev–Trinajstić information content (AvgIpc) is 3.27. The van der Waals surface area contributed by atoms with Crippen molar-refractivity contribution < 1.29 is 14.2 Å². The Morgan fingerprint density at radius 1 is 0.771 bits per heavy atom. The molecule has 0 unspecified atom stereocenters. The number of benzene rings is 3. The monoisotopic (exact) mass is 487 g/mol. The first-order valence-corrected chi connectivity index (χ1v) is 13.2. The number of fused-ring (bicyclic) bond motifs is 1. The fourth-order valence-corrected chi connectivity index (χ4v) is 6.05. The Hall–Kier alpha value is -3.02. The fraction of sp³-hybridized carbons (Fsp3) is 0.333. The maximum absolute atomic E-state index is 6.04. The van der Waals surface area contributed by atoms with E-state index in [4.69, 9.17) is 14.2 Å². The van der Waals surface area contributed by atoms with Gasteiger partial charge in [-0.2, -0.15) is 0 Å². The molecule has 4 nitrogen and oxygen atoms in total. The van der Waals surface area contributed by atoms with Gasteiger partial charge in [-0.25, -0.2) is 0 Å². The van der Waals surface area contributed by atoms with Gasteiger partial charge in [-0.1, -0.05) is 18.6 Å². The van der Waals surface area contributed by atoms with Gasteiger partial charge in [-0.3, -0.25) is 4.90 Å². The summed E-state index contributed by atoms with van der Waals surface area (Å²) in [6, 6.07) is 23.3. The molecule has 1 aliphatic rings. The van der Waals surface area contributed by atoms with Crippen molar-refractivity contribution in [1.82, 2.24) is 4.90 Å². The van der Waals surface area contributed by atoms with Crippen LogP contribution in [0.5, 0.6) is 17.2 Å². The van der Waals surface area contributed by atoms with E-state index in [-0.39, 0.29) is 0 Å². The Balaban J connectivity index is 1.35. The van der Waals surface area contributed by atoms with Crippen LogP contribution >= 0.6 is 11.3 Å². The van der Waals surface area contributed by atoms with Gasteiger partial charge in [0.05, 0.1) is 14.2 Å². The lowest BCUT2D eigenvalue weighted by Crippen LogP contribution is -2.33. The first-order valence-electron chi connectivity index (χ1n) is 12.4. The van der Waals surface area contributed by atoms with Gasteiger partial charge in [0.2, 0.25) is 0 Å². The molecular formula is C30H33NO3S. The highest BCUT2D eigenvalue weighted by Crippen LogP contribution is 2.41. The zero-order chi connectivity index (χ0) is 24.0. The van der Waals surface area contributed by atoms with E-state index in [1.54, 1.807) is 14.2 Å². The minimum Gasteiger partial charge on any atom is -0.497 e. The lowest BCUT2D eigenvalue weighted by molar-refractivity contribution is 0.183. The number of thiophene rings is 1. The normalized spacial score (nSPS) is 14.2. The number of methoxy groups -OCH3 is 2. The second kappa shape index (κ2) is 11.1. The number of rotatable bonds is 9. The molecule has 1 fully saturated rings. The highest BCUT2D eigenvalue weighted by atomic mass is 32.1. The van der Waals surface area contributed by atoms with Gasteiger partial charge in [-0.05, 0) is 109 Å². The van der Waals surface area contributed by atoms with Crippen LogP contribution in [0.25, 0.3) is 20.5 Å². The van der Waals surface area contributed by atoms with E-state index < -0.39 is 0 Å². The Morgan fingerprint density at radius 2 is 1.46 bits per heavy atom. The van der Waals surface area contributed by atoms with Crippen LogP contribution in [0.1, 0.15) is 30.4 Å². The molecule has 0 amide bonds. The Morgan fingerprint density at radius 3 is 2.17 bits per heavy atom. The van der Waals surface area contributed by atoms with Crippen molar-refractivity contribution in [3.8, 4) is 27.7 Å². The summed E-state index contributed by atoms with van der Waals surface area (Å²) in [4.78, 5) is 3.80. The predicted octanol–water partition coefficient (Wildman–Crippen LogP) is 7.04. The first kappa shape index (κ1) is 23.7. The van der Waals surface area contributed by atoms with Gasteiger partial charge in [-0.15, -0.1) is 11.3 Å². The molecule has 0 bridgehead atoms. The maximum atomic E-state index is 6.04. The summed E-state index contributed by atoms with van der Waals surface area (Å²) in [5, 5.41) is 1.28. The van der Waals surface area contributed by atoms with Crippen LogP contribution in [0, 0.1) is 0 Å². The summed E-state index contributed by atoms with van der Waals surface area (Å²) in [5.41, 5.74) is 3.83. The molecule has 0 aliphatic carbocycles. The maximum Gasteiger partial charge on any atom is 0.120 e. The molecule has 5 heteroatoms. The van der Waals surface area contributed by atoms with Crippen LogP contribution < -0.4 is 14.2 Å². The molecule has 2 heterocycles. The summed E-state index contributed by atoms with van der Waals surface area (Å²) in [7, 11) is 3.42. The number of nitrogens with zero attached hydrogens (tertiary/aromatic N) is 1. The van der Waals surface area contributed by atoms with Crippen molar-refractivity contribution in [3.63, 3.8) is 0 Å². The van der Waals surface area contributed by atoms with E-state index in [9.17, 15) is 0 Å². The largest absolute Gasteiger partial charge is 0.497 e. The SMILES string of the molecule is COc1ccc(-c2sc3cc(OC)ccc3c2Cc2ccc(OCCN3CCCCC3)cc2)cc1. The lowest BCUT2D eigenvalue weighted by atomic mass is 9.99. The van der Waals surface area contributed by atoms with Crippen molar-refractivity contribution in [1.29, 1.82) is 0 Å². The van der Waals surface area contributed by atoms with Crippen molar-refractivity contribution in [2.24, 2.45) is 0 Å². The molecule has 0 N–H and O–H groups in total. The minimum absolute atomic E-state index is 0.748. The fourth-order valence-electron chi connectivity index (χ4n) is 4.79. The molecule has 0 spiro atoms. The molecule has 1 aromatic heterocycles. The van der Waals surface area contributed by atoms with E-state index in [1.165, 1.54) is 64.0 Å². The van der Waals surface area contributed by atoms with Crippen LogP contribution in [0.3, 0.4) is 0 Å². The number of likely N-dealkylation sites (tertiary alicyclic amines) is 1. The molecule has 4 aromatic rings. The van der Waals surface area contributed by atoms with Crippen LogP contribution in [-0.2, 0) is 6.42 Å². The quantitative estimate of drug-likeness (QED) is 0.253. The van der Waals surface area contributed by atoms with Gasteiger partial charge in [0.15, 0.2) is 0 Å². The standard InChI is InChI=1S/C30H33NO3S/c1-32-24-12-8-23(9-13-24)30-28(27-15-14-26(33-2)21-29(27)35-30)20-22-6-10-25(11-7-22)34-19-18-31-16-4-3-5-17-31/h6-15,21H,3-5,16-20H2,1-2H3. The molecule has 0 saturated carbocycles. The van der Waals surface area contributed by atoms with E-state index in [2.05, 4.69) is 59.5 Å². The number of piperidine rings is 1. The second-order valence-electron chi connectivity index (χ2n) is 9.07. The lowest BCUT2D eigenvalue weighted by Gasteiger charge is -2.26. The Kier molecular flexibility index (Phi) is 7.55. The zero-order valence-corrected chi connectivity index (χ0v) is 21.4. The van der Waals surface area contributed by atoms with Gasteiger partial charge >= 0.3 is 0 Å². The smallest absolute Gasteiger partial charge is 0.120 e.